The molecule has 1 aliphatic heterocycles. The zero-order valence-corrected chi connectivity index (χ0v) is 15.8. The minimum Gasteiger partial charge on any atom is -0.465 e. The molecular weight excluding hydrogens is 434 g/mol. The van der Waals surface area contributed by atoms with E-state index in [4.69, 9.17) is 16.7 Å². The molecule has 0 aliphatic carbocycles. The molecule has 30 heavy (non-hydrogen) atoms. The van der Waals surface area contributed by atoms with E-state index in [1.165, 1.54) is 12.3 Å². The van der Waals surface area contributed by atoms with Crippen molar-refractivity contribution in [2.45, 2.75) is 31.4 Å². The van der Waals surface area contributed by atoms with Crippen LogP contribution in [0.4, 0.5) is 22.4 Å². The number of nitrogens with one attached hydrogen (secondary N) is 1. The van der Waals surface area contributed by atoms with Crippen LogP contribution in [0.2, 0.25) is 5.02 Å². The Morgan fingerprint density at radius 2 is 1.90 bits per heavy atom. The summed E-state index contributed by atoms with van der Waals surface area (Å²) in [4.78, 5) is 34.7. The number of halogens is 5. The number of alkyl halides is 4. The van der Waals surface area contributed by atoms with Gasteiger partial charge in [-0.25, -0.2) is 19.2 Å². The van der Waals surface area contributed by atoms with Gasteiger partial charge in [0.2, 0.25) is 11.7 Å². The lowest BCUT2D eigenvalue weighted by molar-refractivity contribution is -0.145. The average Bonchev–Trinajstić information content (AvgIpc) is 3.09. The molecule has 0 saturated carbocycles. The van der Waals surface area contributed by atoms with Gasteiger partial charge in [0.05, 0.1) is 17.3 Å². The van der Waals surface area contributed by atoms with E-state index in [0.29, 0.717) is 5.56 Å². The first kappa shape index (κ1) is 21.7. The summed E-state index contributed by atoms with van der Waals surface area (Å²) < 4.78 is 51.3. The third-order valence-corrected chi connectivity index (χ3v) is 4.73. The lowest BCUT2D eigenvalue weighted by atomic mass is 10.1. The predicted molar refractivity (Wildman–Crippen MR) is 95.2 cm³/mol. The van der Waals surface area contributed by atoms with E-state index in [1.54, 1.807) is 0 Å². The third kappa shape index (κ3) is 4.75. The van der Waals surface area contributed by atoms with Crippen molar-refractivity contribution >= 4 is 23.6 Å². The number of aromatic nitrogens is 3. The molecule has 3 heterocycles. The standard InChI is InChI=1S/C17H14ClF4N5O3/c18-11-6-23-12(9-4-25-15(26-5-9)17(20,21)22)1-8(11)3-24-14(28)13-2-10(19)7-27(13)16(29)30/h1,4-6,10,13H,2-3,7H2,(H,24,28)(H,29,30)/t10-,13+/m1/s1. The second kappa shape index (κ2) is 8.38. The topological polar surface area (TPSA) is 108 Å². The summed E-state index contributed by atoms with van der Waals surface area (Å²) in [6.07, 6.45) is -4.61. The van der Waals surface area contributed by atoms with Crippen LogP contribution in [0, 0.1) is 0 Å². The van der Waals surface area contributed by atoms with Crippen molar-refractivity contribution in [3.8, 4) is 11.3 Å². The Kier molecular flexibility index (Phi) is 6.06. The molecule has 1 saturated heterocycles. The van der Waals surface area contributed by atoms with E-state index in [1.807, 2.05) is 0 Å². The largest absolute Gasteiger partial charge is 0.465 e. The van der Waals surface area contributed by atoms with E-state index < -0.39 is 36.2 Å². The van der Waals surface area contributed by atoms with Crippen LogP contribution in [0.25, 0.3) is 11.3 Å². The zero-order chi connectivity index (χ0) is 22.1. The van der Waals surface area contributed by atoms with Gasteiger partial charge >= 0.3 is 12.3 Å². The van der Waals surface area contributed by atoms with Crippen molar-refractivity contribution in [3.05, 3.63) is 41.1 Å². The number of hydrogen-bond donors (Lipinski definition) is 2. The minimum absolute atomic E-state index is 0.129. The van der Waals surface area contributed by atoms with Gasteiger partial charge in [0.25, 0.3) is 0 Å². The fourth-order valence-electron chi connectivity index (χ4n) is 2.93. The number of hydrogen-bond acceptors (Lipinski definition) is 5. The Balaban J connectivity index is 1.73. The normalized spacial score (nSPS) is 19.0. The summed E-state index contributed by atoms with van der Waals surface area (Å²) in [5.41, 5.74) is 0.779. The molecule has 160 valence electrons. The molecular formula is C17H14ClF4N5O3. The molecule has 2 aromatic heterocycles. The van der Waals surface area contributed by atoms with Crippen molar-refractivity contribution < 1.29 is 32.3 Å². The van der Waals surface area contributed by atoms with Gasteiger partial charge in [-0.05, 0) is 11.6 Å². The summed E-state index contributed by atoms with van der Waals surface area (Å²) >= 11 is 6.06. The highest BCUT2D eigenvalue weighted by Crippen LogP contribution is 2.27. The molecule has 0 unspecified atom stereocenters. The Morgan fingerprint density at radius 3 is 2.50 bits per heavy atom. The number of pyridine rings is 1. The monoisotopic (exact) mass is 447 g/mol. The Bertz CT molecular complexity index is 957. The molecule has 1 fully saturated rings. The Hall–Kier alpha value is -3.02. The van der Waals surface area contributed by atoms with Gasteiger partial charge in [0.15, 0.2) is 0 Å². The molecule has 0 radical (unpaired) electrons. The second-order valence-corrected chi connectivity index (χ2v) is 6.86. The van der Waals surface area contributed by atoms with Crippen molar-refractivity contribution in [2.75, 3.05) is 6.54 Å². The van der Waals surface area contributed by atoms with Crippen LogP contribution < -0.4 is 5.32 Å². The second-order valence-electron chi connectivity index (χ2n) is 6.46. The molecule has 0 aromatic carbocycles. The van der Waals surface area contributed by atoms with Gasteiger partial charge in [-0.3, -0.25) is 14.7 Å². The van der Waals surface area contributed by atoms with Gasteiger partial charge in [-0.2, -0.15) is 13.2 Å². The minimum atomic E-state index is -4.68. The first-order valence-electron chi connectivity index (χ1n) is 8.51. The van der Waals surface area contributed by atoms with Crippen molar-refractivity contribution in [2.24, 2.45) is 0 Å². The van der Waals surface area contributed by atoms with Gasteiger partial charge in [0.1, 0.15) is 12.2 Å². The lowest BCUT2D eigenvalue weighted by Gasteiger charge is -2.20. The number of carbonyl (C=O) groups excluding carboxylic acids is 1. The SMILES string of the molecule is O=C(NCc1cc(-c2cnc(C(F)(F)F)nc2)ncc1Cl)[C@@H]1C[C@@H](F)CN1C(=O)O. The van der Waals surface area contributed by atoms with E-state index >= 15 is 0 Å². The molecule has 3 rings (SSSR count). The Morgan fingerprint density at radius 1 is 1.23 bits per heavy atom. The number of rotatable bonds is 4. The molecule has 1 aliphatic rings. The van der Waals surface area contributed by atoms with Crippen LogP contribution in [-0.4, -0.2) is 55.7 Å². The molecule has 2 aromatic rings. The number of carboxylic acid groups (broad SMARTS) is 1. The van der Waals surface area contributed by atoms with Crippen LogP contribution >= 0.6 is 11.6 Å². The van der Waals surface area contributed by atoms with Gasteiger partial charge < -0.3 is 10.4 Å². The summed E-state index contributed by atoms with van der Waals surface area (Å²) in [5.74, 6) is -1.98. The van der Waals surface area contributed by atoms with Crippen LogP contribution in [0.1, 0.15) is 17.8 Å². The predicted octanol–water partition coefficient (Wildman–Crippen LogP) is 2.92. The van der Waals surface area contributed by atoms with E-state index in [2.05, 4.69) is 20.3 Å². The summed E-state index contributed by atoms with van der Waals surface area (Å²) in [6, 6.07) is 0.261. The van der Waals surface area contributed by atoms with Crippen LogP contribution in [-0.2, 0) is 17.5 Å². The summed E-state index contributed by atoms with van der Waals surface area (Å²) in [6.45, 7) is -0.517. The molecule has 8 nitrogen and oxygen atoms in total. The molecule has 2 amide bonds. The molecule has 2 atom stereocenters. The molecule has 13 heteroatoms. The molecule has 0 spiro atoms. The smallest absolute Gasteiger partial charge is 0.451 e. The molecule has 2 N–H and O–H groups in total. The van der Waals surface area contributed by atoms with Gasteiger partial charge in [0, 0.05) is 37.1 Å². The number of likely N-dealkylation sites (tertiary alicyclic amines) is 1. The Labute approximate surface area is 171 Å². The fourth-order valence-corrected chi connectivity index (χ4v) is 3.10. The summed E-state index contributed by atoms with van der Waals surface area (Å²) in [5, 5.41) is 11.7. The summed E-state index contributed by atoms with van der Waals surface area (Å²) in [7, 11) is 0. The number of amides is 2. The maximum absolute atomic E-state index is 13.5. The average molecular weight is 448 g/mol. The quantitative estimate of drug-likeness (QED) is 0.698. The number of nitrogens with zero attached hydrogens (tertiary/aromatic N) is 4. The highest BCUT2D eigenvalue weighted by Gasteiger charge is 2.39. The number of carbonyl (C=O) groups is 2. The first-order valence-corrected chi connectivity index (χ1v) is 8.89. The maximum atomic E-state index is 13.5. The van der Waals surface area contributed by atoms with Gasteiger partial charge in [-0.15, -0.1) is 0 Å². The van der Waals surface area contributed by atoms with Crippen LogP contribution in [0.5, 0.6) is 0 Å². The van der Waals surface area contributed by atoms with E-state index in [-0.39, 0.29) is 35.8 Å². The van der Waals surface area contributed by atoms with Crippen LogP contribution in [0.15, 0.2) is 24.7 Å². The van der Waals surface area contributed by atoms with Crippen molar-refractivity contribution in [1.29, 1.82) is 0 Å². The van der Waals surface area contributed by atoms with Crippen molar-refractivity contribution in [3.63, 3.8) is 0 Å². The molecule has 0 bridgehead atoms. The van der Waals surface area contributed by atoms with Gasteiger partial charge in [-0.1, -0.05) is 11.6 Å². The fraction of sp³-hybridized carbons (Fsp3) is 0.353. The van der Waals surface area contributed by atoms with E-state index in [0.717, 1.165) is 17.3 Å². The van der Waals surface area contributed by atoms with Crippen molar-refractivity contribution in [1.82, 2.24) is 25.2 Å². The van der Waals surface area contributed by atoms with Crippen LogP contribution in [0.3, 0.4) is 0 Å². The highest BCUT2D eigenvalue weighted by atomic mass is 35.5. The lowest BCUT2D eigenvalue weighted by Crippen LogP contribution is -2.45. The third-order valence-electron chi connectivity index (χ3n) is 4.39. The highest BCUT2D eigenvalue weighted by molar-refractivity contribution is 6.31. The maximum Gasteiger partial charge on any atom is 0.451 e. The zero-order valence-electron chi connectivity index (χ0n) is 15.0. The first-order chi connectivity index (χ1) is 14.1. The van der Waals surface area contributed by atoms with E-state index in [9.17, 15) is 27.2 Å².